The number of rotatable bonds is 10. The summed E-state index contributed by atoms with van der Waals surface area (Å²) in [6.45, 7) is 3.74. The fourth-order valence-corrected chi connectivity index (χ4v) is 4.44. The Kier molecular flexibility index (Phi) is 8.10. The van der Waals surface area contributed by atoms with Gasteiger partial charge in [-0.15, -0.1) is 0 Å². The van der Waals surface area contributed by atoms with E-state index >= 15 is 0 Å². The molecule has 184 valence electrons. The van der Waals surface area contributed by atoms with Crippen LogP contribution in [0, 0.1) is 11.6 Å². The monoisotopic (exact) mass is 479 g/mol. The van der Waals surface area contributed by atoms with Crippen LogP contribution in [-0.4, -0.2) is 31.2 Å². The molecule has 35 heavy (non-hydrogen) atoms. The van der Waals surface area contributed by atoms with Crippen molar-refractivity contribution in [1.82, 2.24) is 5.32 Å². The molecular weight excluding hydrogens is 448 g/mol. The molecule has 0 aliphatic carbocycles. The number of benzene rings is 3. The first-order valence-electron chi connectivity index (χ1n) is 12.0. The van der Waals surface area contributed by atoms with E-state index in [1.807, 2.05) is 24.3 Å². The minimum atomic E-state index is -0.708. The lowest BCUT2D eigenvalue weighted by molar-refractivity contribution is 0.0239. The molecule has 4 N–H and O–H groups in total. The Bertz CT molecular complexity index is 1160. The van der Waals surface area contributed by atoms with E-state index in [2.05, 4.69) is 29.7 Å². The summed E-state index contributed by atoms with van der Waals surface area (Å²) in [7, 11) is 0. The Hall–Kier alpha value is -3.29. The molecule has 0 saturated heterocycles. The summed E-state index contributed by atoms with van der Waals surface area (Å²) in [5, 5.41) is 6.58. The van der Waals surface area contributed by atoms with E-state index in [0.29, 0.717) is 24.2 Å². The van der Waals surface area contributed by atoms with Gasteiger partial charge in [0.05, 0.1) is 11.3 Å². The van der Waals surface area contributed by atoms with E-state index in [1.165, 1.54) is 17.7 Å². The zero-order chi connectivity index (χ0) is 24.8. The van der Waals surface area contributed by atoms with Crippen LogP contribution in [0.3, 0.4) is 0 Å². The van der Waals surface area contributed by atoms with Crippen LogP contribution in [-0.2, 0) is 30.5 Å². The van der Waals surface area contributed by atoms with Crippen LogP contribution in [0.25, 0.3) is 0 Å². The van der Waals surface area contributed by atoms with Gasteiger partial charge in [0.1, 0.15) is 17.7 Å². The largest absolute Gasteiger partial charge is 0.456 e. The maximum atomic E-state index is 13.7. The van der Waals surface area contributed by atoms with Gasteiger partial charge in [0.2, 0.25) is 0 Å². The number of hydrogen-bond donors (Lipinski definition) is 3. The van der Waals surface area contributed by atoms with Crippen molar-refractivity contribution in [2.45, 2.75) is 44.9 Å². The van der Waals surface area contributed by atoms with Gasteiger partial charge in [-0.2, -0.15) is 0 Å². The molecule has 0 aromatic heterocycles. The van der Waals surface area contributed by atoms with E-state index in [1.54, 1.807) is 6.07 Å². The van der Waals surface area contributed by atoms with Crippen LogP contribution in [0.1, 0.15) is 39.5 Å². The highest BCUT2D eigenvalue weighted by molar-refractivity contribution is 5.97. The first-order chi connectivity index (χ1) is 16.9. The van der Waals surface area contributed by atoms with Crippen LogP contribution >= 0.6 is 0 Å². The Morgan fingerprint density at radius 1 is 1.06 bits per heavy atom. The summed E-state index contributed by atoms with van der Waals surface area (Å²) in [5.74, 6) is -1.81. The fraction of sp³-hybridized carbons (Fsp3) is 0.321. The van der Waals surface area contributed by atoms with E-state index in [0.717, 1.165) is 42.3 Å². The maximum absolute atomic E-state index is 13.7. The highest BCUT2D eigenvalue weighted by Crippen LogP contribution is 2.27. The van der Waals surface area contributed by atoms with Gasteiger partial charge < -0.3 is 21.1 Å². The second-order valence-corrected chi connectivity index (χ2v) is 8.91. The summed E-state index contributed by atoms with van der Waals surface area (Å²) in [5.41, 5.74) is 11.5. The highest BCUT2D eigenvalue weighted by Gasteiger charge is 2.26. The number of carbonyl (C=O) groups excluding carboxylic acids is 1. The normalized spacial score (nSPS) is 14.2. The zero-order valence-electron chi connectivity index (χ0n) is 19.8. The van der Waals surface area contributed by atoms with Crippen molar-refractivity contribution < 1.29 is 18.3 Å². The Morgan fingerprint density at radius 3 is 2.57 bits per heavy atom. The van der Waals surface area contributed by atoms with Gasteiger partial charge in [0.15, 0.2) is 0 Å². The molecule has 0 spiro atoms. The summed E-state index contributed by atoms with van der Waals surface area (Å²) < 4.78 is 33.3. The second kappa shape index (κ2) is 11.4. The summed E-state index contributed by atoms with van der Waals surface area (Å²) >= 11 is 0. The van der Waals surface area contributed by atoms with Gasteiger partial charge in [-0.25, -0.2) is 13.6 Å². The van der Waals surface area contributed by atoms with Crippen molar-refractivity contribution in [3.05, 3.63) is 100 Å². The van der Waals surface area contributed by atoms with Gasteiger partial charge in [0.25, 0.3) is 0 Å². The number of halogens is 2. The number of esters is 1. The Balaban J connectivity index is 1.48. The number of fused-ring (bicyclic) bond motifs is 1. The van der Waals surface area contributed by atoms with Crippen LogP contribution in [0.15, 0.2) is 60.7 Å². The molecule has 4 rings (SSSR count). The van der Waals surface area contributed by atoms with Crippen LogP contribution in [0.4, 0.5) is 14.5 Å². The number of hydrogen-bond acceptors (Lipinski definition) is 5. The molecule has 7 heteroatoms. The molecule has 1 aliphatic heterocycles. The number of nitrogens with one attached hydrogen (secondary N) is 2. The molecule has 0 radical (unpaired) electrons. The van der Waals surface area contributed by atoms with Gasteiger partial charge in [0, 0.05) is 31.7 Å². The summed E-state index contributed by atoms with van der Waals surface area (Å²) in [4.78, 5) is 13.1. The van der Waals surface area contributed by atoms with Gasteiger partial charge >= 0.3 is 5.97 Å². The third-order valence-corrected chi connectivity index (χ3v) is 6.27. The molecular formula is C28H31F2N3O2. The molecule has 3 aromatic rings. The maximum Gasteiger partial charge on any atom is 0.340 e. The molecule has 0 bridgehead atoms. The predicted molar refractivity (Wildman–Crippen MR) is 133 cm³/mol. The smallest absolute Gasteiger partial charge is 0.340 e. The standard InChI is InChI=1S/C28H31F2N3O2/c1-2-18-5-3-6-19(11-18)16-32-17-26(25(31)14-20-12-22(29)15-23(30)13-20)35-28(34)24-8-4-7-21-9-10-33-27(21)24/h3-8,11-13,15,25-26,32-33H,2,9-10,14,16-17,31H2,1H3/t25-,26+/m0/s1. The van der Waals surface area contributed by atoms with Gasteiger partial charge in [-0.1, -0.05) is 43.3 Å². The number of para-hydroxylation sites is 1. The van der Waals surface area contributed by atoms with Crippen LogP contribution in [0.5, 0.6) is 0 Å². The zero-order valence-corrected chi connectivity index (χ0v) is 19.8. The van der Waals surface area contributed by atoms with Gasteiger partial charge in [-0.05, 0) is 59.7 Å². The minimum absolute atomic E-state index is 0.158. The quantitative estimate of drug-likeness (QED) is 0.376. The Labute approximate surface area is 204 Å². The summed E-state index contributed by atoms with van der Waals surface area (Å²) in [6.07, 6.45) is 1.24. The van der Waals surface area contributed by atoms with Crippen LogP contribution in [0.2, 0.25) is 0 Å². The number of carbonyl (C=O) groups is 1. The molecule has 1 heterocycles. The third-order valence-electron chi connectivity index (χ3n) is 6.27. The minimum Gasteiger partial charge on any atom is -0.456 e. The SMILES string of the molecule is CCc1cccc(CNC[C@@H](OC(=O)c2cccc3c2NCC3)[C@@H](N)Cc2cc(F)cc(F)c2)c1. The van der Waals surface area contributed by atoms with Crippen molar-refractivity contribution in [3.63, 3.8) is 0 Å². The molecule has 2 atom stereocenters. The number of anilines is 1. The lowest BCUT2D eigenvalue weighted by atomic mass is 10.0. The molecule has 0 amide bonds. The predicted octanol–water partition coefficient (Wildman–Crippen LogP) is 4.38. The lowest BCUT2D eigenvalue weighted by Gasteiger charge is -2.25. The summed E-state index contributed by atoms with van der Waals surface area (Å²) in [6, 6.07) is 16.5. The Morgan fingerprint density at radius 2 is 1.80 bits per heavy atom. The van der Waals surface area contributed by atoms with E-state index in [4.69, 9.17) is 10.5 Å². The van der Waals surface area contributed by atoms with E-state index in [9.17, 15) is 13.6 Å². The average Bonchev–Trinajstić information content (AvgIpc) is 3.32. The van der Waals surface area contributed by atoms with Crippen molar-refractivity contribution in [1.29, 1.82) is 0 Å². The van der Waals surface area contributed by atoms with Crippen molar-refractivity contribution in [3.8, 4) is 0 Å². The fourth-order valence-electron chi connectivity index (χ4n) is 4.44. The van der Waals surface area contributed by atoms with Crippen molar-refractivity contribution >= 4 is 11.7 Å². The molecule has 0 unspecified atom stereocenters. The second-order valence-electron chi connectivity index (χ2n) is 8.91. The van der Waals surface area contributed by atoms with E-state index < -0.39 is 29.7 Å². The highest BCUT2D eigenvalue weighted by atomic mass is 19.1. The lowest BCUT2D eigenvalue weighted by Crippen LogP contribution is -2.46. The number of aryl methyl sites for hydroxylation is 1. The third kappa shape index (κ3) is 6.44. The average molecular weight is 480 g/mol. The molecule has 0 saturated carbocycles. The molecule has 0 fully saturated rings. The van der Waals surface area contributed by atoms with Crippen LogP contribution < -0.4 is 16.4 Å². The van der Waals surface area contributed by atoms with Crippen molar-refractivity contribution in [2.24, 2.45) is 5.73 Å². The molecule has 1 aliphatic rings. The molecule has 3 aromatic carbocycles. The molecule has 5 nitrogen and oxygen atoms in total. The number of nitrogens with two attached hydrogens (primary N) is 1. The van der Waals surface area contributed by atoms with Crippen molar-refractivity contribution in [2.75, 3.05) is 18.4 Å². The first kappa shape index (κ1) is 24.8. The first-order valence-corrected chi connectivity index (χ1v) is 12.0. The number of ether oxygens (including phenoxy) is 1. The van der Waals surface area contributed by atoms with E-state index in [-0.39, 0.29) is 6.42 Å². The van der Waals surface area contributed by atoms with Gasteiger partial charge in [-0.3, -0.25) is 0 Å². The topological polar surface area (TPSA) is 76.4 Å².